The summed E-state index contributed by atoms with van der Waals surface area (Å²) in [5.74, 6) is -0.284. The molecule has 0 aliphatic carbocycles. The van der Waals surface area contributed by atoms with Crippen LogP contribution in [0.3, 0.4) is 0 Å². The summed E-state index contributed by atoms with van der Waals surface area (Å²) in [6.45, 7) is 0. The first kappa shape index (κ1) is 12.6. The minimum atomic E-state index is -0.284. The van der Waals surface area contributed by atoms with Gasteiger partial charge < -0.3 is 0 Å². The van der Waals surface area contributed by atoms with Gasteiger partial charge in [0.15, 0.2) is 5.78 Å². The van der Waals surface area contributed by atoms with Gasteiger partial charge in [0.1, 0.15) is 0 Å². The van der Waals surface area contributed by atoms with Gasteiger partial charge in [-0.1, -0.05) is 35.3 Å². The third-order valence-electron chi connectivity index (χ3n) is 2.47. The van der Waals surface area contributed by atoms with Crippen LogP contribution in [0, 0.1) is 11.3 Å². The van der Waals surface area contributed by atoms with Crippen LogP contribution in [0.1, 0.15) is 21.5 Å². The van der Waals surface area contributed by atoms with Crippen molar-refractivity contribution in [3.63, 3.8) is 0 Å². The van der Waals surface area contributed by atoms with Gasteiger partial charge in [0.2, 0.25) is 0 Å². The molecule has 0 aliphatic heterocycles. The molecule has 4 heteroatoms. The number of ketones is 1. The van der Waals surface area contributed by atoms with Gasteiger partial charge >= 0.3 is 0 Å². The molecular formula is C14H7Cl2NO. The van der Waals surface area contributed by atoms with Crippen LogP contribution in [0.2, 0.25) is 10.0 Å². The Hall–Kier alpha value is -1.82. The van der Waals surface area contributed by atoms with Gasteiger partial charge in [0.05, 0.1) is 16.7 Å². The van der Waals surface area contributed by atoms with Gasteiger partial charge in [-0.2, -0.15) is 5.26 Å². The zero-order valence-corrected chi connectivity index (χ0v) is 10.7. The second kappa shape index (κ2) is 5.22. The molecule has 0 N–H and O–H groups in total. The van der Waals surface area contributed by atoms with Crippen molar-refractivity contribution in [2.75, 3.05) is 0 Å². The molecule has 0 aromatic heterocycles. The smallest absolute Gasteiger partial charge is 0.195 e. The van der Waals surface area contributed by atoms with Crippen LogP contribution in [0.15, 0.2) is 42.5 Å². The van der Waals surface area contributed by atoms with Crippen LogP contribution in [0.25, 0.3) is 0 Å². The highest BCUT2D eigenvalue weighted by Gasteiger charge is 2.16. The maximum atomic E-state index is 12.3. The number of carbonyl (C=O) groups is 1. The fourth-order valence-corrected chi connectivity index (χ4v) is 2.09. The first-order valence-corrected chi connectivity index (χ1v) is 5.88. The Morgan fingerprint density at radius 2 is 1.78 bits per heavy atom. The molecule has 2 rings (SSSR count). The largest absolute Gasteiger partial charge is 0.289 e. The second-order valence-electron chi connectivity index (χ2n) is 3.61. The lowest BCUT2D eigenvalue weighted by Gasteiger charge is -2.05. The van der Waals surface area contributed by atoms with E-state index in [1.54, 1.807) is 36.4 Å². The normalized spacial score (nSPS) is 9.83. The second-order valence-corrected chi connectivity index (χ2v) is 4.45. The molecule has 0 fully saturated rings. The zero-order valence-electron chi connectivity index (χ0n) is 9.15. The predicted molar refractivity (Wildman–Crippen MR) is 71.1 cm³/mol. The summed E-state index contributed by atoms with van der Waals surface area (Å²) in [5, 5.41) is 9.71. The number of hydrogen-bond donors (Lipinski definition) is 0. The van der Waals surface area contributed by atoms with Gasteiger partial charge in [-0.3, -0.25) is 4.79 Å². The van der Waals surface area contributed by atoms with E-state index in [1.807, 2.05) is 6.07 Å². The van der Waals surface area contributed by atoms with Gasteiger partial charge in [-0.05, 0) is 30.3 Å². The quantitative estimate of drug-likeness (QED) is 0.775. The van der Waals surface area contributed by atoms with E-state index in [4.69, 9.17) is 28.5 Å². The minimum absolute atomic E-state index is 0.278. The van der Waals surface area contributed by atoms with Crippen LogP contribution in [-0.4, -0.2) is 5.78 Å². The minimum Gasteiger partial charge on any atom is -0.289 e. The molecule has 0 aliphatic rings. The molecule has 0 heterocycles. The number of rotatable bonds is 2. The van der Waals surface area contributed by atoms with Crippen LogP contribution >= 0.6 is 23.2 Å². The highest BCUT2D eigenvalue weighted by Crippen LogP contribution is 2.24. The predicted octanol–water partition coefficient (Wildman–Crippen LogP) is 4.10. The molecular weight excluding hydrogens is 269 g/mol. The topological polar surface area (TPSA) is 40.9 Å². The Kier molecular flexibility index (Phi) is 3.66. The molecule has 88 valence electrons. The zero-order chi connectivity index (χ0) is 13.1. The average Bonchev–Trinajstić information content (AvgIpc) is 2.38. The fraction of sp³-hybridized carbons (Fsp3) is 0. The molecule has 2 aromatic rings. The first-order valence-electron chi connectivity index (χ1n) is 5.12. The molecule has 0 bridgehead atoms. The summed E-state index contributed by atoms with van der Waals surface area (Å²) in [6.07, 6.45) is 0. The molecule has 0 radical (unpaired) electrons. The third-order valence-corrected chi connectivity index (χ3v) is 3.02. The standard InChI is InChI=1S/C14H7Cl2NO/c15-10-5-6-12(13(16)7-10)14(18)11-4-2-1-3-9(11)8-17/h1-7H. The van der Waals surface area contributed by atoms with E-state index in [0.717, 1.165) is 0 Å². The summed E-state index contributed by atoms with van der Waals surface area (Å²) in [6, 6.07) is 13.3. The van der Waals surface area contributed by atoms with Crippen molar-refractivity contribution in [2.24, 2.45) is 0 Å². The SMILES string of the molecule is N#Cc1ccccc1C(=O)c1ccc(Cl)cc1Cl. The number of nitrogens with zero attached hydrogens (tertiary/aromatic N) is 1. The molecule has 0 saturated heterocycles. The highest BCUT2D eigenvalue weighted by atomic mass is 35.5. The van der Waals surface area contributed by atoms with E-state index in [2.05, 4.69) is 0 Å². The van der Waals surface area contributed by atoms with Gasteiger partial charge in [-0.15, -0.1) is 0 Å². The van der Waals surface area contributed by atoms with E-state index in [0.29, 0.717) is 21.7 Å². The Morgan fingerprint density at radius 1 is 1.06 bits per heavy atom. The molecule has 0 unspecified atom stereocenters. The van der Waals surface area contributed by atoms with Crippen molar-refractivity contribution in [1.29, 1.82) is 5.26 Å². The van der Waals surface area contributed by atoms with Crippen LogP contribution in [0.4, 0.5) is 0 Å². The van der Waals surface area contributed by atoms with Crippen LogP contribution in [-0.2, 0) is 0 Å². The summed E-state index contributed by atoms with van der Waals surface area (Å²) >= 11 is 11.8. The van der Waals surface area contributed by atoms with Crippen molar-refractivity contribution in [1.82, 2.24) is 0 Å². The molecule has 0 spiro atoms. The van der Waals surface area contributed by atoms with Crippen LogP contribution in [0.5, 0.6) is 0 Å². The first-order chi connectivity index (χ1) is 8.63. The fourth-order valence-electron chi connectivity index (χ4n) is 1.60. The number of carbonyl (C=O) groups excluding carboxylic acids is 1. The Bertz CT molecular complexity index is 659. The maximum absolute atomic E-state index is 12.3. The number of nitriles is 1. The highest BCUT2D eigenvalue weighted by molar-refractivity contribution is 6.37. The molecule has 0 amide bonds. The van der Waals surface area contributed by atoms with Crippen LogP contribution < -0.4 is 0 Å². The number of benzene rings is 2. The van der Waals surface area contributed by atoms with Gasteiger partial charge in [0, 0.05) is 16.1 Å². The van der Waals surface area contributed by atoms with Crippen molar-refractivity contribution >= 4 is 29.0 Å². The maximum Gasteiger partial charge on any atom is 0.195 e. The average molecular weight is 276 g/mol. The molecule has 18 heavy (non-hydrogen) atoms. The lowest BCUT2D eigenvalue weighted by molar-refractivity contribution is 0.103. The van der Waals surface area contributed by atoms with Crippen molar-refractivity contribution in [3.8, 4) is 6.07 Å². The summed E-state index contributed by atoms with van der Waals surface area (Å²) in [5.41, 5.74) is 1.00. The number of halogens is 2. The lowest BCUT2D eigenvalue weighted by Crippen LogP contribution is -2.04. The molecule has 2 aromatic carbocycles. The van der Waals surface area contributed by atoms with E-state index in [-0.39, 0.29) is 10.8 Å². The Labute approximate surface area is 114 Å². The lowest BCUT2D eigenvalue weighted by atomic mass is 9.99. The van der Waals surface area contributed by atoms with E-state index in [1.165, 1.54) is 6.07 Å². The van der Waals surface area contributed by atoms with Gasteiger partial charge in [0.25, 0.3) is 0 Å². The molecule has 0 atom stereocenters. The summed E-state index contributed by atoms with van der Waals surface area (Å²) in [4.78, 5) is 12.3. The van der Waals surface area contributed by atoms with Crippen molar-refractivity contribution in [3.05, 3.63) is 69.2 Å². The third kappa shape index (κ3) is 2.38. The van der Waals surface area contributed by atoms with Gasteiger partial charge in [-0.25, -0.2) is 0 Å². The molecule has 2 nitrogen and oxygen atoms in total. The summed E-state index contributed by atoms with van der Waals surface area (Å²) < 4.78 is 0. The van der Waals surface area contributed by atoms with E-state index >= 15 is 0 Å². The van der Waals surface area contributed by atoms with Crippen molar-refractivity contribution < 1.29 is 4.79 Å². The molecule has 0 saturated carbocycles. The van der Waals surface area contributed by atoms with E-state index < -0.39 is 0 Å². The summed E-state index contributed by atoms with van der Waals surface area (Å²) in [7, 11) is 0. The number of hydrogen-bond acceptors (Lipinski definition) is 2. The van der Waals surface area contributed by atoms with Crippen molar-refractivity contribution in [2.45, 2.75) is 0 Å². The van der Waals surface area contributed by atoms with E-state index in [9.17, 15) is 4.79 Å². The Balaban J connectivity index is 2.52. The Morgan fingerprint density at radius 3 is 2.44 bits per heavy atom. The monoisotopic (exact) mass is 275 g/mol.